The van der Waals surface area contributed by atoms with E-state index in [4.69, 9.17) is 10.2 Å². The number of rotatable bonds is 4. The van der Waals surface area contributed by atoms with Crippen LogP contribution in [0, 0.1) is 5.92 Å². The van der Waals surface area contributed by atoms with Gasteiger partial charge in [-0.1, -0.05) is 20.3 Å². The quantitative estimate of drug-likeness (QED) is 0.860. The summed E-state index contributed by atoms with van der Waals surface area (Å²) in [7, 11) is 0. The third kappa shape index (κ3) is 2.58. The van der Waals surface area contributed by atoms with Crippen LogP contribution in [-0.4, -0.2) is 11.9 Å². The second kappa shape index (κ2) is 5.57. The molecule has 1 aromatic heterocycles. The lowest BCUT2D eigenvalue weighted by Gasteiger charge is -2.25. The van der Waals surface area contributed by atoms with Crippen LogP contribution in [0.5, 0.6) is 0 Å². The molecule has 2 unspecified atom stereocenters. The predicted octanol–water partition coefficient (Wildman–Crippen LogP) is 2.15. The second-order valence-electron chi connectivity index (χ2n) is 5.16. The summed E-state index contributed by atoms with van der Waals surface area (Å²) in [5.41, 5.74) is 7.06. The van der Waals surface area contributed by atoms with Gasteiger partial charge in [0.25, 0.3) is 0 Å². The van der Waals surface area contributed by atoms with E-state index in [0.717, 1.165) is 37.0 Å². The summed E-state index contributed by atoms with van der Waals surface area (Å²) in [4.78, 5) is 12.1. The van der Waals surface area contributed by atoms with Crippen LogP contribution >= 0.6 is 0 Å². The van der Waals surface area contributed by atoms with Gasteiger partial charge in [-0.05, 0) is 24.8 Å². The fraction of sp³-hybridized carbons (Fsp3) is 0.643. The summed E-state index contributed by atoms with van der Waals surface area (Å²) in [5.74, 6) is 1.16. The predicted molar refractivity (Wildman–Crippen MR) is 70.0 cm³/mol. The van der Waals surface area contributed by atoms with Crippen molar-refractivity contribution in [2.75, 3.05) is 0 Å². The third-order valence-corrected chi connectivity index (χ3v) is 3.93. The van der Waals surface area contributed by atoms with Crippen molar-refractivity contribution in [2.45, 2.75) is 51.6 Å². The number of fused-ring (bicyclic) bond motifs is 1. The van der Waals surface area contributed by atoms with Crippen molar-refractivity contribution in [3.63, 3.8) is 0 Å². The number of nitrogens with one attached hydrogen (secondary N) is 1. The highest BCUT2D eigenvalue weighted by Crippen LogP contribution is 2.30. The normalized spacial score (nSPS) is 22.1. The number of hydrogen-bond donors (Lipinski definition) is 2. The highest BCUT2D eigenvalue weighted by atomic mass is 16.3. The van der Waals surface area contributed by atoms with E-state index in [2.05, 4.69) is 5.32 Å². The van der Waals surface area contributed by atoms with Crippen molar-refractivity contribution >= 4 is 5.91 Å². The lowest BCUT2D eigenvalue weighted by atomic mass is 9.92. The van der Waals surface area contributed by atoms with Crippen LogP contribution in [0.4, 0.5) is 0 Å². The lowest BCUT2D eigenvalue weighted by molar-refractivity contribution is -0.124. The SMILES string of the molecule is CCC(C)[C@H](N)C(=O)NC1CCCc2occc21. The first-order valence-corrected chi connectivity index (χ1v) is 6.75. The zero-order valence-corrected chi connectivity index (χ0v) is 11.1. The molecule has 3 N–H and O–H groups in total. The van der Waals surface area contributed by atoms with E-state index in [1.165, 1.54) is 0 Å². The first kappa shape index (κ1) is 13.1. The molecule has 2 rings (SSSR count). The Bertz CT molecular complexity index is 414. The number of aryl methyl sites for hydroxylation is 1. The van der Waals surface area contributed by atoms with Gasteiger partial charge in [0.1, 0.15) is 5.76 Å². The Morgan fingerprint density at radius 3 is 3.17 bits per heavy atom. The van der Waals surface area contributed by atoms with Gasteiger partial charge in [0.05, 0.1) is 18.3 Å². The van der Waals surface area contributed by atoms with Crippen molar-refractivity contribution in [1.29, 1.82) is 0 Å². The first-order chi connectivity index (χ1) is 8.63. The first-order valence-electron chi connectivity index (χ1n) is 6.75. The standard InChI is InChI=1S/C14H22N2O2/c1-3-9(2)13(15)14(17)16-11-5-4-6-12-10(11)7-8-18-12/h7-9,11,13H,3-6,15H2,1-2H3,(H,16,17)/t9?,11?,13-/m0/s1. The van der Waals surface area contributed by atoms with E-state index in [1.54, 1.807) is 6.26 Å². The van der Waals surface area contributed by atoms with E-state index in [-0.39, 0.29) is 17.9 Å². The van der Waals surface area contributed by atoms with Gasteiger partial charge in [0.2, 0.25) is 5.91 Å². The minimum absolute atomic E-state index is 0.0524. The highest BCUT2D eigenvalue weighted by molar-refractivity contribution is 5.82. The molecule has 1 aliphatic rings. The van der Waals surface area contributed by atoms with Gasteiger partial charge in [0.15, 0.2) is 0 Å². The Kier molecular flexibility index (Phi) is 4.07. The molecule has 0 saturated heterocycles. The molecule has 1 aliphatic carbocycles. The second-order valence-corrected chi connectivity index (χ2v) is 5.16. The van der Waals surface area contributed by atoms with Gasteiger partial charge in [0, 0.05) is 12.0 Å². The van der Waals surface area contributed by atoms with E-state index < -0.39 is 6.04 Å². The number of carbonyl (C=O) groups excluding carboxylic acids is 1. The van der Waals surface area contributed by atoms with Crippen LogP contribution in [-0.2, 0) is 11.2 Å². The molecular weight excluding hydrogens is 228 g/mol. The molecule has 1 amide bonds. The van der Waals surface area contributed by atoms with Crippen molar-refractivity contribution in [1.82, 2.24) is 5.32 Å². The van der Waals surface area contributed by atoms with Crippen LogP contribution in [0.25, 0.3) is 0 Å². The maximum atomic E-state index is 12.1. The molecule has 0 aliphatic heterocycles. The van der Waals surface area contributed by atoms with Crippen LogP contribution in [0.1, 0.15) is 50.5 Å². The summed E-state index contributed by atoms with van der Waals surface area (Å²) in [6.45, 7) is 4.06. The molecule has 1 heterocycles. The summed E-state index contributed by atoms with van der Waals surface area (Å²) in [6.07, 6.45) is 5.58. The topological polar surface area (TPSA) is 68.3 Å². The van der Waals surface area contributed by atoms with Gasteiger partial charge in [-0.3, -0.25) is 4.79 Å². The zero-order chi connectivity index (χ0) is 13.1. The average Bonchev–Trinajstić information content (AvgIpc) is 2.86. The minimum atomic E-state index is -0.424. The van der Waals surface area contributed by atoms with E-state index in [0.29, 0.717) is 0 Å². The van der Waals surface area contributed by atoms with E-state index >= 15 is 0 Å². The number of amides is 1. The van der Waals surface area contributed by atoms with Gasteiger partial charge in [-0.2, -0.15) is 0 Å². The zero-order valence-electron chi connectivity index (χ0n) is 11.1. The smallest absolute Gasteiger partial charge is 0.237 e. The molecule has 18 heavy (non-hydrogen) atoms. The van der Waals surface area contributed by atoms with Crippen molar-refractivity contribution in [2.24, 2.45) is 11.7 Å². The van der Waals surface area contributed by atoms with Crippen LogP contribution < -0.4 is 11.1 Å². The lowest BCUT2D eigenvalue weighted by Crippen LogP contribution is -2.46. The Hall–Kier alpha value is -1.29. The summed E-state index contributed by atoms with van der Waals surface area (Å²) < 4.78 is 5.41. The van der Waals surface area contributed by atoms with E-state index in [1.807, 2.05) is 19.9 Å². The Labute approximate surface area is 108 Å². The Morgan fingerprint density at radius 2 is 2.44 bits per heavy atom. The molecule has 3 atom stereocenters. The molecule has 0 saturated carbocycles. The molecule has 0 bridgehead atoms. The van der Waals surface area contributed by atoms with Gasteiger partial charge >= 0.3 is 0 Å². The maximum Gasteiger partial charge on any atom is 0.237 e. The number of carbonyl (C=O) groups is 1. The summed E-state index contributed by atoms with van der Waals surface area (Å²) in [6, 6.07) is 1.59. The van der Waals surface area contributed by atoms with Crippen LogP contribution in [0.2, 0.25) is 0 Å². The number of nitrogens with two attached hydrogens (primary N) is 1. The van der Waals surface area contributed by atoms with Crippen LogP contribution in [0.15, 0.2) is 16.7 Å². The molecule has 1 aromatic rings. The third-order valence-electron chi connectivity index (χ3n) is 3.93. The van der Waals surface area contributed by atoms with Crippen LogP contribution in [0.3, 0.4) is 0 Å². The van der Waals surface area contributed by atoms with E-state index in [9.17, 15) is 4.79 Å². The summed E-state index contributed by atoms with van der Waals surface area (Å²) in [5, 5.41) is 3.05. The van der Waals surface area contributed by atoms with Crippen molar-refractivity contribution in [3.8, 4) is 0 Å². The molecule has 4 nitrogen and oxygen atoms in total. The minimum Gasteiger partial charge on any atom is -0.469 e. The maximum absolute atomic E-state index is 12.1. The molecular formula is C14H22N2O2. The van der Waals surface area contributed by atoms with Gasteiger partial charge in [-0.25, -0.2) is 0 Å². The molecule has 0 fully saturated rings. The van der Waals surface area contributed by atoms with Crippen molar-refractivity contribution < 1.29 is 9.21 Å². The Balaban J connectivity index is 2.01. The Morgan fingerprint density at radius 1 is 1.67 bits per heavy atom. The van der Waals surface area contributed by atoms with Gasteiger partial charge < -0.3 is 15.5 Å². The fourth-order valence-electron chi connectivity index (χ4n) is 2.42. The van der Waals surface area contributed by atoms with Gasteiger partial charge in [-0.15, -0.1) is 0 Å². The molecule has 0 radical (unpaired) electrons. The number of hydrogen-bond acceptors (Lipinski definition) is 3. The number of furan rings is 1. The fourth-order valence-corrected chi connectivity index (χ4v) is 2.42. The molecule has 100 valence electrons. The summed E-state index contributed by atoms with van der Waals surface area (Å²) >= 11 is 0. The monoisotopic (exact) mass is 250 g/mol. The molecule has 0 aromatic carbocycles. The average molecular weight is 250 g/mol. The van der Waals surface area contributed by atoms with Crippen molar-refractivity contribution in [3.05, 3.63) is 23.7 Å². The molecule has 4 heteroatoms. The highest BCUT2D eigenvalue weighted by Gasteiger charge is 2.27. The largest absolute Gasteiger partial charge is 0.469 e. The molecule has 0 spiro atoms.